The summed E-state index contributed by atoms with van der Waals surface area (Å²) in [6.07, 6.45) is 1.08. The van der Waals surface area contributed by atoms with Crippen LogP contribution in [0.1, 0.15) is 4.88 Å². The molecule has 1 aromatic heterocycles. The topological polar surface area (TPSA) is 73.9 Å². The van der Waals surface area contributed by atoms with Gasteiger partial charge in [-0.3, -0.25) is 15.0 Å². The average molecular weight is 354 g/mol. The predicted molar refractivity (Wildman–Crippen MR) is 94.3 cm³/mol. The first-order valence-electron chi connectivity index (χ1n) is 8.21. The summed E-state index contributed by atoms with van der Waals surface area (Å²) in [7, 11) is 1.56. The molecule has 134 valence electrons. The van der Waals surface area contributed by atoms with Gasteiger partial charge in [-0.2, -0.15) is 0 Å². The van der Waals surface area contributed by atoms with E-state index in [1.54, 1.807) is 18.4 Å². The number of carbonyl (C=O) groups excluding carboxylic acids is 2. The molecule has 0 atom stereocenters. The molecule has 1 aliphatic heterocycles. The second-order valence-corrected chi connectivity index (χ2v) is 6.78. The van der Waals surface area contributed by atoms with Gasteiger partial charge in [-0.1, -0.05) is 6.07 Å². The van der Waals surface area contributed by atoms with Gasteiger partial charge in [0.1, 0.15) is 0 Å². The molecule has 0 spiro atoms. The Labute approximate surface area is 147 Å². The van der Waals surface area contributed by atoms with Gasteiger partial charge in [0.15, 0.2) is 0 Å². The van der Waals surface area contributed by atoms with Crippen molar-refractivity contribution >= 4 is 23.3 Å². The molecule has 0 bridgehead atoms. The lowest BCUT2D eigenvalue weighted by atomic mass is 10.2. The molecule has 8 heteroatoms. The van der Waals surface area contributed by atoms with Crippen LogP contribution in [0.25, 0.3) is 0 Å². The van der Waals surface area contributed by atoms with Crippen molar-refractivity contribution in [1.29, 1.82) is 0 Å². The smallest absolute Gasteiger partial charge is 0.321 e. The van der Waals surface area contributed by atoms with E-state index >= 15 is 0 Å². The maximum Gasteiger partial charge on any atom is 0.321 e. The number of nitrogens with one attached hydrogen (secondary N) is 2. The number of rotatable bonds is 8. The summed E-state index contributed by atoms with van der Waals surface area (Å²) in [6, 6.07) is 3.79. The second kappa shape index (κ2) is 10.4. The maximum atomic E-state index is 11.9. The van der Waals surface area contributed by atoms with E-state index < -0.39 is 6.03 Å². The molecule has 2 N–H and O–H groups in total. The van der Waals surface area contributed by atoms with Crippen molar-refractivity contribution < 1.29 is 14.3 Å². The Hall–Kier alpha value is -1.48. The highest BCUT2D eigenvalue weighted by atomic mass is 32.1. The van der Waals surface area contributed by atoms with Gasteiger partial charge in [-0.05, 0) is 17.9 Å². The Morgan fingerprint density at radius 1 is 1.25 bits per heavy atom. The fourth-order valence-corrected chi connectivity index (χ4v) is 3.27. The normalized spacial score (nSPS) is 16.0. The van der Waals surface area contributed by atoms with Gasteiger partial charge in [-0.25, -0.2) is 4.79 Å². The molecule has 0 aliphatic carbocycles. The molecule has 24 heavy (non-hydrogen) atoms. The third-order valence-corrected chi connectivity index (χ3v) is 4.87. The lowest BCUT2D eigenvalue weighted by Gasteiger charge is -2.34. The highest BCUT2D eigenvalue weighted by Gasteiger charge is 2.19. The van der Waals surface area contributed by atoms with Crippen LogP contribution in [0, 0.1) is 0 Å². The van der Waals surface area contributed by atoms with Crippen molar-refractivity contribution in [2.24, 2.45) is 0 Å². The maximum absolute atomic E-state index is 11.9. The van der Waals surface area contributed by atoms with Gasteiger partial charge < -0.3 is 15.0 Å². The lowest BCUT2D eigenvalue weighted by Crippen LogP contribution is -2.51. The van der Waals surface area contributed by atoms with E-state index in [1.807, 2.05) is 0 Å². The molecule has 1 fully saturated rings. The lowest BCUT2D eigenvalue weighted by molar-refractivity contribution is -0.121. The fourth-order valence-electron chi connectivity index (χ4n) is 2.57. The monoisotopic (exact) mass is 354 g/mol. The van der Waals surface area contributed by atoms with Crippen molar-refractivity contribution in [3.63, 3.8) is 0 Å². The van der Waals surface area contributed by atoms with Gasteiger partial charge >= 0.3 is 6.03 Å². The predicted octanol–water partition coefficient (Wildman–Crippen LogP) is 0.380. The van der Waals surface area contributed by atoms with Gasteiger partial charge in [0, 0.05) is 51.3 Å². The van der Waals surface area contributed by atoms with Crippen molar-refractivity contribution in [2.75, 3.05) is 59.5 Å². The van der Waals surface area contributed by atoms with Crippen LogP contribution in [0.2, 0.25) is 0 Å². The molecule has 1 saturated heterocycles. The van der Waals surface area contributed by atoms with Crippen molar-refractivity contribution in [2.45, 2.75) is 6.42 Å². The Kier molecular flexibility index (Phi) is 8.17. The molecule has 2 heterocycles. The van der Waals surface area contributed by atoms with Crippen molar-refractivity contribution in [1.82, 2.24) is 20.4 Å². The zero-order chi connectivity index (χ0) is 17.2. The first-order valence-corrected chi connectivity index (χ1v) is 9.09. The summed E-state index contributed by atoms with van der Waals surface area (Å²) in [4.78, 5) is 29.3. The Morgan fingerprint density at radius 3 is 2.67 bits per heavy atom. The van der Waals surface area contributed by atoms with Crippen LogP contribution in [0.15, 0.2) is 17.5 Å². The number of imide groups is 1. The molecule has 0 unspecified atom stereocenters. The Balaban J connectivity index is 1.58. The zero-order valence-electron chi connectivity index (χ0n) is 14.1. The molecule has 1 aromatic rings. The zero-order valence-corrected chi connectivity index (χ0v) is 14.9. The number of nitrogens with zero attached hydrogens (tertiary/aromatic N) is 2. The van der Waals surface area contributed by atoms with Gasteiger partial charge in [-0.15, -0.1) is 11.3 Å². The first kappa shape index (κ1) is 18.9. The van der Waals surface area contributed by atoms with Crippen LogP contribution in [0.4, 0.5) is 4.79 Å². The highest BCUT2D eigenvalue weighted by molar-refractivity contribution is 7.09. The number of thiophene rings is 1. The Bertz CT molecular complexity index is 501. The second-order valence-electron chi connectivity index (χ2n) is 5.74. The third-order valence-electron chi connectivity index (χ3n) is 3.93. The molecule has 0 aromatic carbocycles. The van der Waals surface area contributed by atoms with E-state index in [1.165, 1.54) is 4.88 Å². The minimum Gasteiger partial charge on any atom is -0.383 e. The summed E-state index contributed by atoms with van der Waals surface area (Å²) in [5.41, 5.74) is 0. The number of piperazine rings is 1. The molecule has 7 nitrogen and oxygen atoms in total. The molecular weight excluding hydrogens is 328 g/mol. The van der Waals surface area contributed by atoms with Crippen LogP contribution < -0.4 is 10.6 Å². The number of methoxy groups -OCH3 is 1. The number of hydrogen-bond donors (Lipinski definition) is 2. The van der Waals surface area contributed by atoms with Crippen molar-refractivity contribution in [3.05, 3.63) is 22.4 Å². The number of carbonyl (C=O) groups is 2. The quantitative estimate of drug-likeness (QED) is 0.661. The highest BCUT2D eigenvalue weighted by Crippen LogP contribution is 2.10. The minimum absolute atomic E-state index is 0.260. The van der Waals surface area contributed by atoms with E-state index in [2.05, 4.69) is 37.9 Å². The molecule has 3 amide bonds. The third kappa shape index (κ3) is 6.96. The van der Waals surface area contributed by atoms with Crippen molar-refractivity contribution in [3.8, 4) is 0 Å². The number of ether oxygens (including phenoxy) is 1. The number of amides is 3. The molecular formula is C16H26N4O3S. The van der Waals surface area contributed by atoms with Gasteiger partial charge in [0.25, 0.3) is 0 Å². The van der Waals surface area contributed by atoms with Gasteiger partial charge in [0.05, 0.1) is 13.2 Å². The first-order chi connectivity index (χ1) is 11.7. The Morgan fingerprint density at radius 2 is 2.00 bits per heavy atom. The summed E-state index contributed by atoms with van der Waals surface area (Å²) < 4.78 is 4.83. The van der Waals surface area contributed by atoms with Crippen LogP contribution in [0.3, 0.4) is 0 Å². The van der Waals surface area contributed by atoms with Crippen LogP contribution in [-0.2, 0) is 16.0 Å². The van der Waals surface area contributed by atoms with E-state index in [0.717, 1.165) is 39.1 Å². The van der Waals surface area contributed by atoms with E-state index in [4.69, 9.17) is 4.74 Å². The summed E-state index contributed by atoms with van der Waals surface area (Å²) in [5, 5.41) is 7.02. The number of hydrogen-bond acceptors (Lipinski definition) is 6. The summed E-state index contributed by atoms with van der Waals surface area (Å²) >= 11 is 1.80. The van der Waals surface area contributed by atoms with Gasteiger partial charge in [0.2, 0.25) is 5.91 Å². The fraction of sp³-hybridized carbons (Fsp3) is 0.625. The molecule has 0 saturated carbocycles. The van der Waals surface area contributed by atoms with Crippen LogP contribution in [0.5, 0.6) is 0 Å². The van der Waals surface area contributed by atoms with E-state index in [9.17, 15) is 9.59 Å². The SMILES string of the molecule is COCCNC(=O)NC(=O)CN1CCN(CCc2cccs2)CC1. The van der Waals surface area contributed by atoms with Crippen LogP contribution in [-0.4, -0.2) is 81.3 Å². The van der Waals surface area contributed by atoms with Crippen LogP contribution >= 0.6 is 11.3 Å². The summed E-state index contributed by atoms with van der Waals surface area (Å²) in [6.45, 7) is 5.75. The minimum atomic E-state index is -0.466. The van der Waals surface area contributed by atoms with E-state index in [0.29, 0.717) is 13.2 Å². The largest absolute Gasteiger partial charge is 0.383 e. The number of urea groups is 1. The standard InChI is InChI=1S/C16H26N4O3S/c1-23-11-5-17-16(22)18-15(21)13-20-9-7-19(8-10-20)6-4-14-3-2-12-24-14/h2-3,12H,4-11,13H2,1H3,(H2,17,18,21,22). The van der Waals surface area contributed by atoms with E-state index in [-0.39, 0.29) is 12.5 Å². The average Bonchev–Trinajstić information content (AvgIpc) is 3.08. The molecule has 2 rings (SSSR count). The summed E-state index contributed by atoms with van der Waals surface area (Å²) in [5.74, 6) is -0.267. The molecule has 0 radical (unpaired) electrons. The molecule has 1 aliphatic rings.